The van der Waals surface area contributed by atoms with Gasteiger partial charge in [0, 0.05) is 19.7 Å². The van der Waals surface area contributed by atoms with Crippen LogP contribution >= 0.6 is 0 Å². The van der Waals surface area contributed by atoms with Gasteiger partial charge in [0.15, 0.2) is 0 Å². The third-order valence-electron chi connectivity index (χ3n) is 2.98. The second-order valence-electron chi connectivity index (χ2n) is 4.49. The van der Waals surface area contributed by atoms with E-state index >= 15 is 0 Å². The van der Waals surface area contributed by atoms with Crippen molar-refractivity contribution in [2.75, 3.05) is 11.9 Å². The Morgan fingerprint density at radius 3 is 3.05 bits per heavy atom. The van der Waals surface area contributed by atoms with Gasteiger partial charge in [-0.25, -0.2) is 4.79 Å². The first-order chi connectivity index (χ1) is 9.10. The normalized spacial score (nSPS) is 22.4. The molecule has 0 spiro atoms. The van der Waals surface area contributed by atoms with E-state index in [0.717, 1.165) is 6.42 Å². The van der Waals surface area contributed by atoms with Crippen molar-refractivity contribution in [1.29, 1.82) is 0 Å². The number of hydrogen-bond donors (Lipinski definition) is 2. The molecule has 0 bridgehead atoms. The summed E-state index contributed by atoms with van der Waals surface area (Å²) in [6.45, 7) is 1.43. The maximum Gasteiger partial charge on any atom is 0.351 e. The Morgan fingerprint density at radius 1 is 1.63 bits per heavy atom. The molecule has 0 aliphatic carbocycles. The quantitative estimate of drug-likeness (QED) is 0.816. The number of nitrogens with one attached hydrogen (secondary N) is 1. The van der Waals surface area contributed by atoms with Crippen LogP contribution in [0.5, 0.6) is 0 Å². The number of hydrogen-bond acceptors (Lipinski definition) is 5. The van der Waals surface area contributed by atoms with Crippen molar-refractivity contribution < 1.29 is 14.6 Å². The van der Waals surface area contributed by atoms with Crippen LogP contribution in [0.25, 0.3) is 0 Å². The first kappa shape index (κ1) is 13.7. The number of aliphatic hydroxyl groups excluding tert-OH is 1. The second-order valence-corrected chi connectivity index (χ2v) is 4.49. The maximum absolute atomic E-state index is 11.8. The molecule has 19 heavy (non-hydrogen) atoms. The summed E-state index contributed by atoms with van der Waals surface area (Å²) in [6, 6.07) is 1.56. The number of aliphatic hydroxyl groups is 1. The van der Waals surface area contributed by atoms with Crippen LogP contribution in [0.1, 0.15) is 32.4 Å². The van der Waals surface area contributed by atoms with E-state index in [1.165, 1.54) is 11.5 Å². The van der Waals surface area contributed by atoms with E-state index < -0.39 is 5.69 Å². The van der Waals surface area contributed by atoms with Gasteiger partial charge in [0.25, 0.3) is 0 Å². The molecule has 1 aromatic heterocycles. The Balaban J connectivity index is 2.09. The zero-order chi connectivity index (χ0) is 13.8. The number of carbonyl (C=O) groups excluding carboxylic acids is 1. The van der Waals surface area contributed by atoms with E-state index in [1.54, 1.807) is 12.3 Å². The second kappa shape index (κ2) is 5.94. The molecular formula is C12H17N3O4. The lowest BCUT2D eigenvalue weighted by Crippen LogP contribution is -2.28. The number of rotatable bonds is 4. The van der Waals surface area contributed by atoms with Gasteiger partial charge in [-0.05, 0) is 25.3 Å². The number of carbonyl (C=O) groups is 1. The summed E-state index contributed by atoms with van der Waals surface area (Å²) in [5.74, 6) is -0.0385. The van der Waals surface area contributed by atoms with Crippen LogP contribution in [0.2, 0.25) is 0 Å². The van der Waals surface area contributed by atoms with Crippen LogP contribution in [0.4, 0.5) is 5.82 Å². The zero-order valence-corrected chi connectivity index (χ0v) is 10.7. The molecule has 1 aliphatic heterocycles. The summed E-state index contributed by atoms with van der Waals surface area (Å²) < 4.78 is 7.07. The molecule has 7 heteroatoms. The van der Waals surface area contributed by atoms with Gasteiger partial charge < -0.3 is 15.2 Å². The predicted molar refractivity (Wildman–Crippen MR) is 67.6 cm³/mol. The van der Waals surface area contributed by atoms with E-state index in [2.05, 4.69) is 10.3 Å². The summed E-state index contributed by atoms with van der Waals surface area (Å²) in [5.41, 5.74) is -0.458. The van der Waals surface area contributed by atoms with Gasteiger partial charge in [0.1, 0.15) is 12.0 Å². The fraction of sp³-hybridized carbons (Fsp3) is 0.583. The smallest absolute Gasteiger partial charge is 0.351 e. The Bertz CT molecular complexity index is 514. The van der Waals surface area contributed by atoms with Gasteiger partial charge in [0.2, 0.25) is 5.91 Å². The molecular weight excluding hydrogens is 250 g/mol. The molecule has 2 atom stereocenters. The zero-order valence-electron chi connectivity index (χ0n) is 10.7. The molecule has 2 heterocycles. The van der Waals surface area contributed by atoms with Gasteiger partial charge >= 0.3 is 5.69 Å². The standard InChI is InChI=1S/C12H17N3O4/c1-8(17)13-10-4-6-15(12(18)14-10)11-3-2-9(19-11)5-7-16/h4,6,9,11,16H,2-3,5,7H2,1H3,(H,13,14,17,18)/t9-,11?/m0/s1. The van der Waals surface area contributed by atoms with Crippen LogP contribution in [-0.2, 0) is 9.53 Å². The van der Waals surface area contributed by atoms with Crippen LogP contribution in [0.3, 0.4) is 0 Å². The molecule has 1 unspecified atom stereocenters. The summed E-state index contributed by atoms with van der Waals surface area (Å²) in [6.07, 6.45) is 3.30. The highest BCUT2D eigenvalue weighted by Gasteiger charge is 2.26. The molecule has 2 rings (SSSR count). The molecule has 7 nitrogen and oxygen atoms in total. The molecule has 1 saturated heterocycles. The molecule has 0 saturated carbocycles. The molecule has 1 aliphatic rings. The Labute approximate surface area is 110 Å². The third-order valence-corrected chi connectivity index (χ3v) is 2.98. The molecule has 0 aromatic carbocycles. The highest BCUT2D eigenvalue weighted by molar-refractivity contribution is 5.87. The monoisotopic (exact) mass is 267 g/mol. The van der Waals surface area contributed by atoms with Crippen molar-refractivity contribution in [2.24, 2.45) is 0 Å². The number of ether oxygens (including phenoxy) is 1. The van der Waals surface area contributed by atoms with E-state index in [9.17, 15) is 9.59 Å². The van der Waals surface area contributed by atoms with Gasteiger partial charge in [-0.3, -0.25) is 9.36 Å². The fourth-order valence-electron chi connectivity index (χ4n) is 2.13. The summed E-state index contributed by atoms with van der Waals surface area (Å²) in [7, 11) is 0. The number of anilines is 1. The molecule has 2 N–H and O–H groups in total. The lowest BCUT2D eigenvalue weighted by atomic mass is 10.2. The van der Waals surface area contributed by atoms with E-state index in [-0.39, 0.29) is 30.7 Å². The van der Waals surface area contributed by atoms with Crippen molar-refractivity contribution >= 4 is 11.7 Å². The van der Waals surface area contributed by atoms with Crippen LogP contribution in [0.15, 0.2) is 17.1 Å². The highest BCUT2D eigenvalue weighted by atomic mass is 16.5. The van der Waals surface area contributed by atoms with E-state index in [1.807, 2.05) is 0 Å². The van der Waals surface area contributed by atoms with E-state index in [4.69, 9.17) is 9.84 Å². The number of aromatic nitrogens is 2. The Morgan fingerprint density at radius 2 is 2.42 bits per heavy atom. The Hall–Kier alpha value is -1.73. The van der Waals surface area contributed by atoms with E-state index in [0.29, 0.717) is 12.8 Å². The topological polar surface area (TPSA) is 93.5 Å². The van der Waals surface area contributed by atoms with Crippen molar-refractivity contribution in [3.8, 4) is 0 Å². The lowest BCUT2D eigenvalue weighted by molar-refractivity contribution is -0.114. The minimum absolute atomic E-state index is 0.0167. The van der Waals surface area contributed by atoms with Crippen molar-refractivity contribution in [3.63, 3.8) is 0 Å². The molecule has 1 aromatic rings. The molecule has 1 fully saturated rings. The number of nitrogens with zero attached hydrogens (tertiary/aromatic N) is 2. The lowest BCUT2D eigenvalue weighted by Gasteiger charge is -2.15. The van der Waals surface area contributed by atoms with Crippen LogP contribution < -0.4 is 11.0 Å². The maximum atomic E-state index is 11.8. The summed E-state index contributed by atoms with van der Waals surface area (Å²) in [5, 5.41) is 11.3. The van der Waals surface area contributed by atoms with Gasteiger partial charge in [-0.1, -0.05) is 0 Å². The third kappa shape index (κ3) is 3.39. The molecule has 0 radical (unpaired) electrons. The van der Waals surface area contributed by atoms with Crippen molar-refractivity contribution in [3.05, 3.63) is 22.7 Å². The highest BCUT2D eigenvalue weighted by Crippen LogP contribution is 2.28. The average Bonchev–Trinajstić information content (AvgIpc) is 2.77. The minimum Gasteiger partial charge on any atom is -0.396 e. The van der Waals surface area contributed by atoms with Gasteiger partial charge in [-0.15, -0.1) is 0 Å². The van der Waals surface area contributed by atoms with Crippen molar-refractivity contribution in [1.82, 2.24) is 9.55 Å². The average molecular weight is 267 g/mol. The Kier molecular flexibility index (Phi) is 4.28. The summed E-state index contributed by atoms with van der Waals surface area (Å²) >= 11 is 0. The van der Waals surface area contributed by atoms with Crippen LogP contribution in [-0.4, -0.2) is 33.3 Å². The van der Waals surface area contributed by atoms with Gasteiger partial charge in [-0.2, -0.15) is 4.98 Å². The first-order valence-electron chi connectivity index (χ1n) is 6.23. The largest absolute Gasteiger partial charge is 0.396 e. The molecule has 104 valence electrons. The minimum atomic E-state index is -0.458. The summed E-state index contributed by atoms with van der Waals surface area (Å²) in [4.78, 5) is 26.5. The SMILES string of the molecule is CC(=O)Nc1ccn(C2CC[C@@H](CCO)O2)c(=O)n1. The van der Waals surface area contributed by atoms with Crippen LogP contribution in [0, 0.1) is 0 Å². The first-order valence-corrected chi connectivity index (χ1v) is 6.23. The van der Waals surface area contributed by atoms with Crippen molar-refractivity contribution in [2.45, 2.75) is 38.5 Å². The number of amides is 1. The molecule has 1 amide bonds. The predicted octanol–water partition coefficient (Wildman–Crippen LogP) is 0.262. The van der Waals surface area contributed by atoms with Gasteiger partial charge in [0.05, 0.1) is 6.10 Å². The fourth-order valence-corrected chi connectivity index (χ4v) is 2.13.